The Morgan fingerprint density at radius 1 is 1.21 bits per heavy atom. The second-order valence-electron chi connectivity index (χ2n) is 4.18. The van der Waals surface area contributed by atoms with E-state index in [1.165, 1.54) is 0 Å². The summed E-state index contributed by atoms with van der Waals surface area (Å²) in [5.41, 5.74) is 6.10. The van der Waals surface area contributed by atoms with E-state index in [0.717, 1.165) is 10.5 Å². The maximum Gasteiger partial charge on any atom is 0.408 e. The van der Waals surface area contributed by atoms with Gasteiger partial charge in [0.05, 0.1) is 0 Å². The van der Waals surface area contributed by atoms with E-state index in [1.807, 2.05) is 6.07 Å². The van der Waals surface area contributed by atoms with Gasteiger partial charge in [0.1, 0.15) is 6.04 Å². The molecule has 6 heteroatoms. The van der Waals surface area contributed by atoms with Crippen LogP contribution in [-0.2, 0) is 11.3 Å². The van der Waals surface area contributed by atoms with Crippen LogP contribution < -0.4 is 5.73 Å². The van der Waals surface area contributed by atoms with Crippen LogP contribution in [0.5, 0.6) is 0 Å². The van der Waals surface area contributed by atoms with Crippen molar-refractivity contribution in [2.45, 2.75) is 25.4 Å². The number of carboxylic acid groups (broad SMARTS) is 2. The van der Waals surface area contributed by atoms with E-state index in [2.05, 4.69) is 0 Å². The average molecular weight is 266 g/mol. The first-order chi connectivity index (χ1) is 9.06. The Bertz CT molecular complexity index is 422. The second-order valence-corrected chi connectivity index (χ2v) is 4.18. The normalized spacial score (nSPS) is 11.8. The number of nitrogens with two attached hydrogens (primary N) is 1. The summed E-state index contributed by atoms with van der Waals surface area (Å²) in [5.74, 6) is -1.15. The molecule has 0 fully saturated rings. The molecule has 19 heavy (non-hydrogen) atoms. The maximum absolute atomic E-state index is 11.2. The van der Waals surface area contributed by atoms with Crippen molar-refractivity contribution in [3.8, 4) is 0 Å². The Morgan fingerprint density at radius 3 is 2.32 bits per heavy atom. The molecule has 1 unspecified atom stereocenters. The summed E-state index contributed by atoms with van der Waals surface area (Å²) >= 11 is 0. The highest BCUT2D eigenvalue weighted by Gasteiger charge is 2.28. The van der Waals surface area contributed by atoms with Crippen LogP contribution in [-0.4, -0.2) is 39.8 Å². The van der Waals surface area contributed by atoms with Crippen molar-refractivity contribution < 1.29 is 19.8 Å². The predicted octanol–water partition coefficient (Wildman–Crippen LogP) is 1.36. The molecule has 0 aliphatic carbocycles. The lowest BCUT2D eigenvalue weighted by molar-refractivity contribution is -0.143. The molecule has 0 aliphatic rings. The molecule has 0 heterocycles. The molecule has 0 radical (unpaired) electrons. The van der Waals surface area contributed by atoms with Gasteiger partial charge < -0.3 is 15.9 Å². The fourth-order valence-corrected chi connectivity index (χ4v) is 1.82. The fraction of sp³-hybridized carbons (Fsp3) is 0.385. The molecule has 104 valence electrons. The number of nitrogens with zero attached hydrogens (tertiary/aromatic N) is 1. The summed E-state index contributed by atoms with van der Waals surface area (Å²) in [5, 5.41) is 18.3. The van der Waals surface area contributed by atoms with Crippen LogP contribution in [0, 0.1) is 0 Å². The molecular formula is C13H18N2O4. The standard InChI is InChI=1S/C13H18N2O4/c14-8-4-7-11(12(16)17)15(13(18)19)9-10-5-2-1-3-6-10/h1-3,5-6,11H,4,7-9,14H2,(H,16,17)(H,18,19). The molecule has 1 atom stereocenters. The van der Waals surface area contributed by atoms with E-state index < -0.39 is 18.1 Å². The molecule has 0 bridgehead atoms. The van der Waals surface area contributed by atoms with Crippen LogP contribution in [0.4, 0.5) is 4.79 Å². The Hall–Kier alpha value is -2.08. The number of aliphatic carboxylic acids is 1. The van der Waals surface area contributed by atoms with Gasteiger partial charge in [-0.3, -0.25) is 4.90 Å². The topological polar surface area (TPSA) is 104 Å². The predicted molar refractivity (Wildman–Crippen MR) is 69.7 cm³/mol. The van der Waals surface area contributed by atoms with E-state index in [0.29, 0.717) is 13.0 Å². The van der Waals surface area contributed by atoms with E-state index in [-0.39, 0.29) is 13.0 Å². The summed E-state index contributed by atoms with van der Waals surface area (Å²) in [7, 11) is 0. The van der Waals surface area contributed by atoms with Crippen molar-refractivity contribution in [2.75, 3.05) is 6.54 Å². The van der Waals surface area contributed by atoms with Gasteiger partial charge >= 0.3 is 12.1 Å². The van der Waals surface area contributed by atoms with E-state index >= 15 is 0 Å². The van der Waals surface area contributed by atoms with Crippen LogP contribution in [0.1, 0.15) is 18.4 Å². The molecule has 6 nitrogen and oxygen atoms in total. The average Bonchev–Trinajstić information content (AvgIpc) is 2.38. The number of amides is 1. The smallest absolute Gasteiger partial charge is 0.408 e. The number of rotatable bonds is 7. The van der Waals surface area contributed by atoms with Gasteiger partial charge in [-0.2, -0.15) is 0 Å². The SMILES string of the molecule is NCCCC(C(=O)O)N(Cc1ccccc1)C(=O)O. The molecule has 0 saturated carbocycles. The summed E-state index contributed by atoms with van der Waals surface area (Å²) in [6.45, 7) is 0.389. The Kier molecular flexibility index (Phi) is 5.81. The first-order valence-corrected chi connectivity index (χ1v) is 6.02. The van der Waals surface area contributed by atoms with Gasteiger partial charge in [-0.05, 0) is 24.9 Å². The summed E-state index contributed by atoms with van der Waals surface area (Å²) in [4.78, 5) is 23.4. The molecule has 1 amide bonds. The minimum absolute atomic E-state index is 0.0533. The molecule has 0 spiro atoms. The highest BCUT2D eigenvalue weighted by Crippen LogP contribution is 2.13. The number of hydrogen-bond donors (Lipinski definition) is 3. The van der Waals surface area contributed by atoms with Crippen molar-refractivity contribution >= 4 is 12.1 Å². The molecule has 0 aromatic heterocycles. The summed E-state index contributed by atoms with van der Waals surface area (Å²) < 4.78 is 0. The van der Waals surface area contributed by atoms with Gasteiger partial charge in [0, 0.05) is 6.54 Å². The minimum Gasteiger partial charge on any atom is -0.480 e. The zero-order valence-electron chi connectivity index (χ0n) is 10.5. The fourth-order valence-electron chi connectivity index (χ4n) is 1.82. The minimum atomic E-state index is -1.24. The van der Waals surface area contributed by atoms with E-state index in [4.69, 9.17) is 10.8 Å². The van der Waals surface area contributed by atoms with Crippen LogP contribution in [0.15, 0.2) is 30.3 Å². The van der Waals surface area contributed by atoms with Gasteiger partial charge in [0.15, 0.2) is 0 Å². The van der Waals surface area contributed by atoms with Gasteiger partial charge in [-0.25, -0.2) is 9.59 Å². The Labute approximate surface area is 111 Å². The third-order valence-electron chi connectivity index (χ3n) is 2.78. The van der Waals surface area contributed by atoms with Crippen LogP contribution in [0.25, 0.3) is 0 Å². The summed E-state index contributed by atoms with van der Waals surface area (Å²) in [6.07, 6.45) is -0.561. The first-order valence-electron chi connectivity index (χ1n) is 6.02. The monoisotopic (exact) mass is 266 g/mol. The molecule has 1 rings (SSSR count). The Morgan fingerprint density at radius 2 is 1.84 bits per heavy atom. The Balaban J connectivity index is 2.85. The number of benzene rings is 1. The van der Waals surface area contributed by atoms with Crippen molar-refractivity contribution in [3.63, 3.8) is 0 Å². The van der Waals surface area contributed by atoms with Crippen LogP contribution in [0.3, 0.4) is 0 Å². The summed E-state index contributed by atoms with van der Waals surface area (Å²) in [6, 6.07) is 7.84. The lowest BCUT2D eigenvalue weighted by atomic mass is 10.1. The van der Waals surface area contributed by atoms with Gasteiger partial charge in [0.2, 0.25) is 0 Å². The molecule has 0 saturated heterocycles. The van der Waals surface area contributed by atoms with Crippen molar-refractivity contribution in [3.05, 3.63) is 35.9 Å². The molecule has 4 N–H and O–H groups in total. The third kappa shape index (κ3) is 4.59. The van der Waals surface area contributed by atoms with Gasteiger partial charge in [-0.1, -0.05) is 30.3 Å². The van der Waals surface area contributed by atoms with Crippen molar-refractivity contribution in [2.24, 2.45) is 5.73 Å². The molecule has 1 aromatic carbocycles. The number of carbonyl (C=O) groups is 2. The molecular weight excluding hydrogens is 248 g/mol. The van der Waals surface area contributed by atoms with Crippen molar-refractivity contribution in [1.29, 1.82) is 0 Å². The zero-order valence-corrected chi connectivity index (χ0v) is 10.5. The van der Waals surface area contributed by atoms with E-state index in [1.54, 1.807) is 24.3 Å². The third-order valence-corrected chi connectivity index (χ3v) is 2.78. The van der Waals surface area contributed by atoms with E-state index in [9.17, 15) is 14.7 Å². The van der Waals surface area contributed by atoms with Gasteiger partial charge in [-0.15, -0.1) is 0 Å². The van der Waals surface area contributed by atoms with Crippen molar-refractivity contribution in [1.82, 2.24) is 4.90 Å². The van der Waals surface area contributed by atoms with Gasteiger partial charge in [0.25, 0.3) is 0 Å². The maximum atomic E-state index is 11.2. The highest BCUT2D eigenvalue weighted by molar-refractivity contribution is 5.79. The quantitative estimate of drug-likeness (QED) is 0.691. The number of carboxylic acids is 1. The molecule has 0 aliphatic heterocycles. The number of hydrogen-bond acceptors (Lipinski definition) is 3. The molecule has 1 aromatic rings. The lowest BCUT2D eigenvalue weighted by Gasteiger charge is -2.26. The second kappa shape index (κ2) is 7.38. The van der Waals surface area contributed by atoms with Crippen LogP contribution >= 0.6 is 0 Å². The highest BCUT2D eigenvalue weighted by atomic mass is 16.4. The zero-order chi connectivity index (χ0) is 14.3. The lowest BCUT2D eigenvalue weighted by Crippen LogP contribution is -2.44. The van der Waals surface area contributed by atoms with Crippen LogP contribution in [0.2, 0.25) is 0 Å². The first kappa shape index (κ1) is 15.0. The largest absolute Gasteiger partial charge is 0.480 e.